The van der Waals surface area contributed by atoms with Crippen LogP contribution in [0, 0.1) is 0 Å². The van der Waals surface area contributed by atoms with Crippen LogP contribution in [0.2, 0.25) is 0 Å². The predicted octanol–water partition coefficient (Wildman–Crippen LogP) is 2.61. The Morgan fingerprint density at radius 2 is 1.39 bits per heavy atom. The number of aryl methyl sites for hydroxylation is 1. The Kier molecular flexibility index (Phi) is 18.2. The van der Waals surface area contributed by atoms with Crippen molar-refractivity contribution >= 4 is 23.6 Å². The molecule has 2 rings (SSSR count). The molecule has 1 aliphatic rings. The van der Waals surface area contributed by atoms with Gasteiger partial charge < -0.3 is 34.9 Å². The maximum Gasteiger partial charge on any atom is 0.407 e. The molecule has 2 heterocycles. The molecule has 0 aromatic carbocycles. The molecule has 1 aliphatic heterocycles. The van der Waals surface area contributed by atoms with Gasteiger partial charge in [0.2, 0.25) is 11.8 Å². The number of nitrogens with one attached hydrogen (secondary N) is 3. The number of pyridine rings is 1. The quantitative estimate of drug-likeness (QED) is 0.133. The molecule has 248 valence electrons. The van der Waals surface area contributed by atoms with Crippen molar-refractivity contribution in [1.82, 2.24) is 20.9 Å². The summed E-state index contributed by atoms with van der Waals surface area (Å²) >= 11 is 0. The third-order valence-electron chi connectivity index (χ3n) is 6.70. The Morgan fingerprint density at radius 1 is 0.818 bits per heavy atom. The van der Waals surface area contributed by atoms with Crippen LogP contribution in [-0.4, -0.2) is 112 Å². The maximum absolute atomic E-state index is 12.1. The van der Waals surface area contributed by atoms with Gasteiger partial charge in [-0.15, -0.1) is 0 Å². The minimum Gasteiger partial charge on any atom is -0.444 e. The molecule has 0 unspecified atom stereocenters. The van der Waals surface area contributed by atoms with E-state index in [0.717, 1.165) is 25.8 Å². The molecular formula is C32H54N5O7+. The van der Waals surface area contributed by atoms with Crippen LogP contribution < -0.4 is 16.0 Å². The summed E-state index contributed by atoms with van der Waals surface area (Å²) < 4.78 is 23.9. The third kappa shape index (κ3) is 17.9. The summed E-state index contributed by atoms with van der Waals surface area (Å²) in [6.07, 6.45) is 9.06. The first-order valence-corrected chi connectivity index (χ1v) is 15.9. The first-order valence-electron chi connectivity index (χ1n) is 15.9. The van der Waals surface area contributed by atoms with Gasteiger partial charge in [0.15, 0.2) is 5.71 Å². The van der Waals surface area contributed by atoms with Crippen molar-refractivity contribution < 1.29 is 37.9 Å². The van der Waals surface area contributed by atoms with Crippen LogP contribution >= 0.6 is 0 Å². The number of rotatable bonds is 22. The molecule has 12 heteroatoms. The summed E-state index contributed by atoms with van der Waals surface area (Å²) in [6.45, 7) is 11.0. The summed E-state index contributed by atoms with van der Waals surface area (Å²) in [5.41, 5.74) is 3.21. The summed E-state index contributed by atoms with van der Waals surface area (Å²) in [7, 11) is 2.12. The molecule has 0 bridgehead atoms. The van der Waals surface area contributed by atoms with E-state index >= 15 is 0 Å². The second kappa shape index (κ2) is 21.6. The first kappa shape index (κ1) is 37.1. The maximum atomic E-state index is 12.1. The molecule has 44 heavy (non-hydrogen) atoms. The average molecular weight is 621 g/mol. The zero-order chi connectivity index (χ0) is 32.0. The molecule has 0 radical (unpaired) electrons. The minimum atomic E-state index is -0.502. The lowest BCUT2D eigenvalue weighted by molar-refractivity contribution is -0.488. The number of alkyl carbamates (subject to hydrolysis) is 1. The Labute approximate surface area is 262 Å². The second-order valence-electron chi connectivity index (χ2n) is 11.8. The van der Waals surface area contributed by atoms with Gasteiger partial charge in [-0.2, -0.15) is 0 Å². The van der Waals surface area contributed by atoms with E-state index in [1.807, 2.05) is 33.2 Å². The van der Waals surface area contributed by atoms with Crippen LogP contribution in [0.15, 0.2) is 18.5 Å². The van der Waals surface area contributed by atoms with Crippen LogP contribution in [-0.2, 0) is 35.0 Å². The van der Waals surface area contributed by atoms with E-state index in [4.69, 9.17) is 18.9 Å². The van der Waals surface area contributed by atoms with Crippen LogP contribution in [0.25, 0.3) is 0 Å². The summed E-state index contributed by atoms with van der Waals surface area (Å²) in [6, 6.07) is 2.20. The first-order chi connectivity index (χ1) is 21.1. The molecule has 3 amide bonds. The molecule has 0 spiro atoms. The molecule has 1 aromatic rings. The Balaban J connectivity index is 1.34. The van der Waals surface area contributed by atoms with Gasteiger partial charge in [0.25, 0.3) is 0 Å². The van der Waals surface area contributed by atoms with Crippen LogP contribution in [0.1, 0.15) is 76.8 Å². The molecular weight excluding hydrogens is 566 g/mol. The normalized spacial score (nSPS) is 13.2. The largest absolute Gasteiger partial charge is 0.444 e. The van der Waals surface area contributed by atoms with Gasteiger partial charge in [0.1, 0.15) is 19.2 Å². The topological polar surface area (TPSA) is 140 Å². The lowest BCUT2D eigenvalue weighted by Gasteiger charge is -2.19. The second-order valence-corrected chi connectivity index (χ2v) is 11.8. The highest BCUT2D eigenvalue weighted by Crippen LogP contribution is 2.13. The molecule has 0 aliphatic carbocycles. The Hall–Kier alpha value is -3.09. The van der Waals surface area contributed by atoms with E-state index in [0.29, 0.717) is 72.1 Å². The van der Waals surface area contributed by atoms with Gasteiger partial charge in [-0.3, -0.25) is 14.6 Å². The summed E-state index contributed by atoms with van der Waals surface area (Å²) in [5.74, 6) is -0.250. The lowest BCUT2D eigenvalue weighted by atomic mass is 10.1. The highest BCUT2D eigenvalue weighted by molar-refractivity contribution is 5.97. The molecule has 1 aromatic heterocycles. The zero-order valence-corrected chi connectivity index (χ0v) is 27.2. The van der Waals surface area contributed by atoms with E-state index in [-0.39, 0.29) is 24.7 Å². The lowest BCUT2D eigenvalue weighted by Crippen LogP contribution is -2.33. The van der Waals surface area contributed by atoms with Gasteiger partial charge in [-0.1, -0.05) is 0 Å². The van der Waals surface area contributed by atoms with Gasteiger partial charge >= 0.3 is 6.09 Å². The molecule has 0 saturated heterocycles. The van der Waals surface area contributed by atoms with Gasteiger partial charge in [0, 0.05) is 70.9 Å². The summed E-state index contributed by atoms with van der Waals surface area (Å²) in [4.78, 5) is 40.1. The smallest absolute Gasteiger partial charge is 0.407 e. The van der Waals surface area contributed by atoms with Crippen molar-refractivity contribution in [3.8, 4) is 0 Å². The third-order valence-corrected chi connectivity index (χ3v) is 6.70. The van der Waals surface area contributed by atoms with Crippen molar-refractivity contribution in [2.45, 2.75) is 77.7 Å². The van der Waals surface area contributed by atoms with E-state index < -0.39 is 11.7 Å². The fourth-order valence-corrected chi connectivity index (χ4v) is 4.50. The van der Waals surface area contributed by atoms with Crippen molar-refractivity contribution in [2.75, 3.05) is 72.9 Å². The van der Waals surface area contributed by atoms with E-state index in [1.54, 1.807) is 0 Å². The highest BCUT2D eigenvalue weighted by Gasteiger charge is 2.21. The number of ether oxygens (including phenoxy) is 4. The Morgan fingerprint density at radius 3 is 1.95 bits per heavy atom. The standard InChI is InChI=1S/C32H53N5O7/c1-32(2,3)44-31(40)36-15-8-18-42-20-22-43-21-19-41-17-7-14-35-30(39)12-11-29(38)34-13-5-9-26-23-27(25-33-24-26)28-10-6-16-37(28)4/h23-25H,5-22H2,1-4H3,(H2-,34,35,36,38,39,40)/p+1. The highest BCUT2D eigenvalue weighted by atomic mass is 16.6. The zero-order valence-electron chi connectivity index (χ0n) is 27.2. The molecule has 0 atom stereocenters. The molecule has 0 fully saturated rings. The number of amides is 3. The number of hydrogen-bond acceptors (Lipinski definition) is 8. The molecule has 3 N–H and O–H groups in total. The number of hydrogen-bond donors (Lipinski definition) is 3. The number of carbonyl (C=O) groups is 3. The predicted molar refractivity (Wildman–Crippen MR) is 168 cm³/mol. The number of aromatic nitrogens is 1. The fourth-order valence-electron chi connectivity index (χ4n) is 4.50. The van der Waals surface area contributed by atoms with Crippen molar-refractivity contribution in [3.05, 3.63) is 29.6 Å². The minimum absolute atomic E-state index is 0.112. The van der Waals surface area contributed by atoms with Crippen molar-refractivity contribution in [3.63, 3.8) is 0 Å². The Bertz CT molecular complexity index is 1040. The van der Waals surface area contributed by atoms with Crippen LogP contribution in [0.5, 0.6) is 0 Å². The van der Waals surface area contributed by atoms with E-state index in [2.05, 4.69) is 38.6 Å². The van der Waals surface area contributed by atoms with Crippen LogP contribution in [0.3, 0.4) is 0 Å². The number of carbonyl (C=O) groups excluding carboxylic acids is 3. The monoisotopic (exact) mass is 620 g/mol. The van der Waals surface area contributed by atoms with E-state index in [1.165, 1.54) is 23.3 Å². The van der Waals surface area contributed by atoms with Gasteiger partial charge in [-0.05, 0) is 58.1 Å². The number of nitrogens with zero attached hydrogens (tertiary/aromatic N) is 2. The van der Waals surface area contributed by atoms with Crippen molar-refractivity contribution in [2.24, 2.45) is 0 Å². The van der Waals surface area contributed by atoms with E-state index in [9.17, 15) is 14.4 Å². The molecule has 0 saturated carbocycles. The van der Waals surface area contributed by atoms with Crippen LogP contribution in [0.4, 0.5) is 4.79 Å². The molecule has 12 nitrogen and oxygen atoms in total. The summed E-state index contributed by atoms with van der Waals surface area (Å²) in [5, 5.41) is 8.41. The SMILES string of the molecule is C[N+]1=C(c2cncc(CCCNC(=O)CCC(=O)NCCCOCCOCCOCCCNC(=O)OC(C)(C)C)c2)CCC1. The fraction of sp³-hybridized carbons (Fsp3) is 0.719. The van der Waals surface area contributed by atoms with Gasteiger partial charge in [0.05, 0.1) is 32.0 Å². The van der Waals surface area contributed by atoms with Crippen molar-refractivity contribution in [1.29, 1.82) is 0 Å². The average Bonchev–Trinajstić information content (AvgIpc) is 3.41. The van der Waals surface area contributed by atoms with Gasteiger partial charge in [-0.25, -0.2) is 9.37 Å².